The molecule has 0 unspecified atom stereocenters. The molecule has 2 saturated heterocycles. The Balaban J connectivity index is 2.09. The summed E-state index contributed by atoms with van der Waals surface area (Å²) < 4.78 is 5.36. The first-order valence-electron chi connectivity index (χ1n) is 4.31. The average Bonchev–Trinajstić information content (AvgIpc) is 2.62. The summed E-state index contributed by atoms with van der Waals surface area (Å²) in [4.78, 5) is 0. The largest absolute Gasteiger partial charge is 0.396 e. The van der Waals surface area contributed by atoms with Crippen LogP contribution in [-0.4, -0.2) is 37.0 Å². The zero-order valence-corrected chi connectivity index (χ0v) is 6.68. The lowest BCUT2D eigenvalue weighted by Gasteiger charge is -2.27. The topological polar surface area (TPSA) is 41.5 Å². The van der Waals surface area contributed by atoms with E-state index < -0.39 is 0 Å². The third kappa shape index (κ3) is 1.08. The molecule has 11 heavy (non-hydrogen) atoms. The molecule has 0 aromatic carbocycles. The maximum Gasteiger partial charge on any atom is 0.0652 e. The summed E-state index contributed by atoms with van der Waals surface area (Å²) in [5, 5.41) is 12.5. The highest BCUT2D eigenvalue weighted by atomic mass is 16.5. The third-order valence-electron chi connectivity index (χ3n) is 2.96. The Kier molecular flexibility index (Phi) is 1.87. The number of ether oxygens (including phenoxy) is 1. The van der Waals surface area contributed by atoms with E-state index in [0.717, 1.165) is 26.2 Å². The molecule has 1 spiro atoms. The molecule has 2 atom stereocenters. The van der Waals surface area contributed by atoms with Gasteiger partial charge < -0.3 is 15.2 Å². The number of hydrogen-bond acceptors (Lipinski definition) is 3. The molecule has 2 aliphatic heterocycles. The summed E-state index contributed by atoms with van der Waals surface area (Å²) in [6.45, 7) is 2.86. The van der Waals surface area contributed by atoms with E-state index >= 15 is 0 Å². The molecule has 0 aliphatic carbocycles. The Bertz CT molecular complexity index is 138. The lowest BCUT2D eigenvalue weighted by atomic mass is 9.86. The Morgan fingerprint density at radius 3 is 3.18 bits per heavy atom. The van der Waals surface area contributed by atoms with Crippen molar-refractivity contribution in [1.82, 2.24) is 5.32 Å². The molecule has 3 nitrogen and oxygen atoms in total. The molecule has 0 saturated carbocycles. The van der Waals surface area contributed by atoms with Gasteiger partial charge >= 0.3 is 0 Å². The van der Waals surface area contributed by atoms with Crippen molar-refractivity contribution in [3.05, 3.63) is 0 Å². The fraction of sp³-hybridized carbons (Fsp3) is 1.00. The van der Waals surface area contributed by atoms with Crippen molar-refractivity contribution in [2.45, 2.75) is 18.4 Å². The maximum absolute atomic E-state index is 9.07. The second-order valence-corrected chi connectivity index (χ2v) is 3.58. The van der Waals surface area contributed by atoms with Crippen molar-refractivity contribution in [1.29, 1.82) is 0 Å². The number of aliphatic hydroxyl groups is 1. The molecule has 2 heterocycles. The van der Waals surface area contributed by atoms with Gasteiger partial charge in [0.2, 0.25) is 0 Å². The minimum absolute atomic E-state index is 0.134. The summed E-state index contributed by atoms with van der Waals surface area (Å²) >= 11 is 0. The summed E-state index contributed by atoms with van der Waals surface area (Å²) in [5.41, 5.74) is 0.134. The van der Waals surface area contributed by atoms with Crippen molar-refractivity contribution >= 4 is 0 Å². The first kappa shape index (κ1) is 7.53. The van der Waals surface area contributed by atoms with E-state index in [2.05, 4.69) is 5.32 Å². The Morgan fingerprint density at radius 2 is 2.55 bits per heavy atom. The van der Waals surface area contributed by atoms with E-state index in [1.807, 2.05) is 0 Å². The van der Waals surface area contributed by atoms with Crippen molar-refractivity contribution in [3.63, 3.8) is 0 Å². The van der Waals surface area contributed by atoms with E-state index in [9.17, 15) is 0 Å². The molecule has 2 fully saturated rings. The smallest absolute Gasteiger partial charge is 0.0652 e. The standard InChI is InChI=1S/C8H15NO2/c10-4-7-5-11-6-8(7)2-1-3-9-8/h7,9-10H,1-6H2/t7-,8+/m1/s1. The molecule has 0 aromatic rings. The summed E-state index contributed by atoms with van der Waals surface area (Å²) in [5.74, 6) is 0.324. The van der Waals surface area contributed by atoms with Gasteiger partial charge in [0, 0.05) is 18.1 Å². The highest BCUT2D eigenvalue weighted by Crippen LogP contribution is 2.32. The van der Waals surface area contributed by atoms with E-state index in [4.69, 9.17) is 9.84 Å². The molecule has 2 rings (SSSR count). The molecule has 2 N–H and O–H groups in total. The summed E-state index contributed by atoms with van der Waals surface area (Å²) in [6.07, 6.45) is 2.39. The lowest BCUT2D eigenvalue weighted by molar-refractivity contribution is 0.160. The van der Waals surface area contributed by atoms with Gasteiger partial charge in [-0.3, -0.25) is 0 Å². The highest BCUT2D eigenvalue weighted by Gasteiger charge is 2.45. The van der Waals surface area contributed by atoms with Crippen molar-refractivity contribution in [2.24, 2.45) is 5.92 Å². The number of nitrogens with one attached hydrogen (secondary N) is 1. The van der Waals surface area contributed by atoms with Gasteiger partial charge in [-0.25, -0.2) is 0 Å². The number of aliphatic hydroxyl groups excluding tert-OH is 1. The number of hydrogen-bond donors (Lipinski definition) is 2. The highest BCUT2D eigenvalue weighted by molar-refractivity contribution is 5.01. The molecule has 64 valence electrons. The molecule has 0 aromatic heterocycles. The van der Waals surface area contributed by atoms with E-state index in [1.165, 1.54) is 6.42 Å². The third-order valence-corrected chi connectivity index (χ3v) is 2.96. The predicted molar refractivity (Wildman–Crippen MR) is 41.4 cm³/mol. The zero-order chi connectivity index (χ0) is 7.73. The quantitative estimate of drug-likeness (QED) is 0.551. The molecule has 3 heteroatoms. The van der Waals surface area contributed by atoms with Crippen LogP contribution in [0.25, 0.3) is 0 Å². The van der Waals surface area contributed by atoms with E-state index in [-0.39, 0.29) is 12.1 Å². The van der Waals surface area contributed by atoms with Crippen LogP contribution < -0.4 is 5.32 Å². The molecule has 0 bridgehead atoms. The molecule has 0 radical (unpaired) electrons. The minimum atomic E-state index is 0.134. The Hall–Kier alpha value is -0.120. The maximum atomic E-state index is 9.07. The van der Waals surface area contributed by atoms with Crippen LogP contribution in [0.4, 0.5) is 0 Å². The van der Waals surface area contributed by atoms with Crippen LogP contribution in [-0.2, 0) is 4.74 Å². The van der Waals surface area contributed by atoms with Gasteiger partial charge in [-0.2, -0.15) is 0 Å². The normalized spacial score (nSPS) is 43.9. The second kappa shape index (κ2) is 2.73. The van der Waals surface area contributed by atoms with Crippen LogP contribution in [0.2, 0.25) is 0 Å². The fourth-order valence-electron chi connectivity index (χ4n) is 2.19. The van der Waals surface area contributed by atoms with Crippen LogP contribution in [0.1, 0.15) is 12.8 Å². The number of rotatable bonds is 1. The van der Waals surface area contributed by atoms with Gasteiger partial charge in [-0.15, -0.1) is 0 Å². The van der Waals surface area contributed by atoms with Gasteiger partial charge in [0.15, 0.2) is 0 Å². The molecule has 0 amide bonds. The zero-order valence-electron chi connectivity index (χ0n) is 6.68. The van der Waals surface area contributed by atoms with E-state index in [1.54, 1.807) is 0 Å². The van der Waals surface area contributed by atoms with Crippen LogP contribution in [0.5, 0.6) is 0 Å². The van der Waals surface area contributed by atoms with Crippen molar-refractivity contribution in [2.75, 3.05) is 26.4 Å². The fourth-order valence-corrected chi connectivity index (χ4v) is 2.19. The Labute approximate surface area is 66.7 Å². The van der Waals surface area contributed by atoms with Gasteiger partial charge in [0.05, 0.1) is 13.2 Å². The monoisotopic (exact) mass is 157 g/mol. The van der Waals surface area contributed by atoms with Crippen LogP contribution in [0, 0.1) is 5.92 Å². The van der Waals surface area contributed by atoms with Gasteiger partial charge in [0.25, 0.3) is 0 Å². The van der Waals surface area contributed by atoms with Crippen molar-refractivity contribution < 1.29 is 9.84 Å². The summed E-state index contributed by atoms with van der Waals surface area (Å²) in [6, 6.07) is 0. The second-order valence-electron chi connectivity index (χ2n) is 3.58. The first-order chi connectivity index (χ1) is 5.37. The van der Waals surface area contributed by atoms with Gasteiger partial charge in [-0.1, -0.05) is 0 Å². The predicted octanol–water partition coefficient (Wildman–Crippen LogP) is -0.253. The Morgan fingerprint density at radius 1 is 1.64 bits per heavy atom. The first-order valence-corrected chi connectivity index (χ1v) is 4.31. The minimum Gasteiger partial charge on any atom is -0.396 e. The van der Waals surface area contributed by atoms with Crippen LogP contribution >= 0.6 is 0 Å². The molecular weight excluding hydrogens is 142 g/mol. The van der Waals surface area contributed by atoms with Gasteiger partial charge in [0.1, 0.15) is 0 Å². The molecule has 2 aliphatic rings. The summed E-state index contributed by atoms with van der Waals surface area (Å²) in [7, 11) is 0. The SMILES string of the molecule is OC[C@@H]1COC[C@@]12CCCN2. The van der Waals surface area contributed by atoms with Crippen LogP contribution in [0.3, 0.4) is 0 Å². The molecular formula is C8H15NO2. The average molecular weight is 157 g/mol. The lowest BCUT2D eigenvalue weighted by Crippen LogP contribution is -2.47. The van der Waals surface area contributed by atoms with E-state index in [0.29, 0.717) is 5.92 Å². The van der Waals surface area contributed by atoms with Gasteiger partial charge in [-0.05, 0) is 19.4 Å². The van der Waals surface area contributed by atoms with Crippen LogP contribution in [0.15, 0.2) is 0 Å². The van der Waals surface area contributed by atoms with Crippen molar-refractivity contribution in [3.8, 4) is 0 Å².